The number of hydrogen-bond acceptors (Lipinski definition) is 2. The molecular formula is C14H13Br2FN2. The highest BCUT2D eigenvalue weighted by Gasteiger charge is 2.17. The van der Waals surface area contributed by atoms with E-state index in [1.54, 1.807) is 6.07 Å². The van der Waals surface area contributed by atoms with Crippen molar-refractivity contribution in [1.29, 1.82) is 0 Å². The molecule has 0 saturated carbocycles. The van der Waals surface area contributed by atoms with E-state index in [4.69, 9.17) is 5.73 Å². The van der Waals surface area contributed by atoms with Gasteiger partial charge < -0.3 is 10.6 Å². The molecule has 0 heterocycles. The molecule has 0 fully saturated rings. The van der Waals surface area contributed by atoms with E-state index in [9.17, 15) is 4.39 Å². The fourth-order valence-electron chi connectivity index (χ4n) is 1.93. The molecular weight excluding hydrogens is 375 g/mol. The van der Waals surface area contributed by atoms with Gasteiger partial charge in [-0.3, -0.25) is 0 Å². The molecule has 0 amide bonds. The molecule has 2 aromatic carbocycles. The minimum Gasteiger partial charge on any atom is -0.397 e. The molecule has 19 heavy (non-hydrogen) atoms. The normalized spacial score (nSPS) is 10.5. The molecule has 2 rings (SSSR count). The van der Waals surface area contributed by atoms with Crippen LogP contribution in [-0.4, -0.2) is 7.05 Å². The van der Waals surface area contributed by atoms with Crippen molar-refractivity contribution < 1.29 is 4.39 Å². The maximum absolute atomic E-state index is 13.9. The summed E-state index contributed by atoms with van der Waals surface area (Å²) in [7, 11) is 1.89. The first-order valence-corrected chi connectivity index (χ1v) is 7.27. The van der Waals surface area contributed by atoms with Crippen LogP contribution in [0.5, 0.6) is 0 Å². The minimum atomic E-state index is -0.343. The summed E-state index contributed by atoms with van der Waals surface area (Å²) in [6, 6.07) is 11.5. The number of halogens is 3. The van der Waals surface area contributed by atoms with Crippen LogP contribution in [-0.2, 0) is 6.54 Å². The summed E-state index contributed by atoms with van der Waals surface area (Å²) in [5, 5.41) is 0. The van der Waals surface area contributed by atoms with Gasteiger partial charge in [0.05, 0.1) is 20.3 Å². The fourth-order valence-corrected chi connectivity index (χ4v) is 3.38. The average Bonchev–Trinajstić information content (AvgIpc) is 2.37. The second kappa shape index (κ2) is 5.92. The second-order valence-corrected chi connectivity index (χ2v) is 5.91. The standard InChI is InChI=1S/C14H13Br2FN2/c1-19(8-9-5-3-2-4-6-9)14-11(18)7-10(15)13(17)12(14)16/h2-7H,8,18H2,1H3. The van der Waals surface area contributed by atoms with E-state index < -0.39 is 0 Å². The lowest BCUT2D eigenvalue weighted by molar-refractivity contribution is 0.614. The van der Waals surface area contributed by atoms with Crippen LogP contribution in [0.2, 0.25) is 0 Å². The number of rotatable bonds is 3. The summed E-state index contributed by atoms with van der Waals surface area (Å²) in [5.41, 5.74) is 8.30. The monoisotopic (exact) mass is 386 g/mol. The van der Waals surface area contributed by atoms with Crippen molar-refractivity contribution in [2.24, 2.45) is 0 Å². The number of nitrogens with two attached hydrogens (primary N) is 1. The van der Waals surface area contributed by atoms with Gasteiger partial charge in [0.25, 0.3) is 0 Å². The van der Waals surface area contributed by atoms with E-state index in [0.717, 1.165) is 5.56 Å². The number of hydrogen-bond donors (Lipinski definition) is 1. The first kappa shape index (κ1) is 14.3. The van der Waals surface area contributed by atoms with Crippen molar-refractivity contribution in [2.75, 3.05) is 17.7 Å². The van der Waals surface area contributed by atoms with E-state index in [0.29, 0.717) is 26.9 Å². The highest BCUT2D eigenvalue weighted by Crippen LogP contribution is 2.38. The molecule has 0 aliphatic heterocycles. The van der Waals surface area contributed by atoms with Crippen LogP contribution in [0.4, 0.5) is 15.8 Å². The molecule has 0 aliphatic carbocycles. The third kappa shape index (κ3) is 3.09. The van der Waals surface area contributed by atoms with E-state index in [1.807, 2.05) is 42.3 Å². The van der Waals surface area contributed by atoms with E-state index in [1.165, 1.54) is 0 Å². The summed E-state index contributed by atoms with van der Waals surface area (Å²) in [6.07, 6.45) is 0. The largest absolute Gasteiger partial charge is 0.397 e. The molecule has 2 N–H and O–H groups in total. The lowest BCUT2D eigenvalue weighted by atomic mass is 10.2. The zero-order valence-corrected chi connectivity index (χ0v) is 13.5. The summed E-state index contributed by atoms with van der Waals surface area (Å²) >= 11 is 6.41. The predicted octanol–water partition coefficient (Wildman–Crippen LogP) is 4.57. The van der Waals surface area contributed by atoms with Crippen LogP contribution in [0.25, 0.3) is 0 Å². The van der Waals surface area contributed by atoms with Gasteiger partial charge in [-0.2, -0.15) is 0 Å². The first-order chi connectivity index (χ1) is 9.00. The van der Waals surface area contributed by atoms with Crippen LogP contribution in [0.3, 0.4) is 0 Å². The Labute approximate surface area is 128 Å². The summed E-state index contributed by atoms with van der Waals surface area (Å²) < 4.78 is 14.6. The molecule has 0 spiro atoms. The van der Waals surface area contributed by atoms with Crippen molar-refractivity contribution in [3.8, 4) is 0 Å². The molecule has 0 aromatic heterocycles. The highest BCUT2D eigenvalue weighted by molar-refractivity contribution is 9.11. The molecule has 100 valence electrons. The Hall–Kier alpha value is -1.07. The lowest BCUT2D eigenvalue weighted by Gasteiger charge is -2.23. The Morgan fingerprint density at radius 2 is 1.84 bits per heavy atom. The molecule has 0 aliphatic rings. The second-order valence-electron chi connectivity index (χ2n) is 4.27. The molecule has 0 bridgehead atoms. The van der Waals surface area contributed by atoms with Crippen LogP contribution in [0.15, 0.2) is 45.3 Å². The van der Waals surface area contributed by atoms with Crippen molar-refractivity contribution >= 4 is 43.2 Å². The lowest BCUT2D eigenvalue weighted by Crippen LogP contribution is -2.19. The van der Waals surface area contributed by atoms with Gasteiger partial charge in [-0.15, -0.1) is 0 Å². The summed E-state index contributed by atoms with van der Waals surface area (Å²) in [4.78, 5) is 1.92. The third-order valence-electron chi connectivity index (χ3n) is 2.81. The smallest absolute Gasteiger partial charge is 0.153 e. The molecule has 5 heteroatoms. The van der Waals surface area contributed by atoms with Gasteiger partial charge in [-0.05, 0) is 43.5 Å². The number of benzene rings is 2. The maximum Gasteiger partial charge on any atom is 0.153 e. The molecule has 0 saturated heterocycles. The Morgan fingerprint density at radius 3 is 2.47 bits per heavy atom. The van der Waals surface area contributed by atoms with E-state index >= 15 is 0 Å². The summed E-state index contributed by atoms with van der Waals surface area (Å²) in [5.74, 6) is -0.343. The SMILES string of the molecule is CN(Cc1ccccc1)c1c(N)cc(Br)c(F)c1Br. The minimum absolute atomic E-state index is 0.343. The number of nitrogen functional groups attached to an aromatic ring is 1. The quantitative estimate of drug-likeness (QED) is 0.617. The van der Waals surface area contributed by atoms with Crippen LogP contribution >= 0.6 is 31.9 Å². The Kier molecular flexibility index (Phi) is 4.47. The van der Waals surface area contributed by atoms with Crippen molar-refractivity contribution in [3.05, 3.63) is 56.7 Å². The third-order valence-corrected chi connectivity index (χ3v) is 4.11. The fraction of sp³-hybridized carbons (Fsp3) is 0.143. The van der Waals surface area contributed by atoms with Crippen molar-refractivity contribution in [2.45, 2.75) is 6.54 Å². The van der Waals surface area contributed by atoms with Gasteiger partial charge in [0.15, 0.2) is 5.82 Å². The van der Waals surface area contributed by atoms with E-state index in [-0.39, 0.29) is 5.82 Å². The van der Waals surface area contributed by atoms with Crippen LogP contribution in [0.1, 0.15) is 5.56 Å². The Morgan fingerprint density at radius 1 is 1.21 bits per heavy atom. The van der Waals surface area contributed by atoms with Crippen LogP contribution < -0.4 is 10.6 Å². The maximum atomic E-state index is 13.9. The number of anilines is 2. The van der Waals surface area contributed by atoms with E-state index in [2.05, 4.69) is 31.9 Å². The van der Waals surface area contributed by atoms with Crippen molar-refractivity contribution in [3.63, 3.8) is 0 Å². The first-order valence-electron chi connectivity index (χ1n) is 5.68. The molecule has 0 atom stereocenters. The van der Waals surface area contributed by atoms with Gasteiger partial charge in [0, 0.05) is 13.6 Å². The Balaban J connectivity index is 2.34. The van der Waals surface area contributed by atoms with Gasteiger partial charge in [-0.25, -0.2) is 4.39 Å². The summed E-state index contributed by atoms with van der Waals surface area (Å²) in [6.45, 7) is 0.657. The number of nitrogens with zero attached hydrogens (tertiary/aromatic N) is 1. The highest BCUT2D eigenvalue weighted by atomic mass is 79.9. The molecule has 0 unspecified atom stereocenters. The van der Waals surface area contributed by atoms with Crippen molar-refractivity contribution in [1.82, 2.24) is 0 Å². The van der Waals surface area contributed by atoms with Gasteiger partial charge >= 0.3 is 0 Å². The zero-order valence-electron chi connectivity index (χ0n) is 10.3. The van der Waals surface area contributed by atoms with Gasteiger partial charge in [-0.1, -0.05) is 30.3 Å². The van der Waals surface area contributed by atoms with Gasteiger partial charge in [0.1, 0.15) is 0 Å². The molecule has 2 aromatic rings. The Bertz CT molecular complexity index is 588. The molecule has 2 nitrogen and oxygen atoms in total. The predicted molar refractivity (Wildman–Crippen MR) is 84.8 cm³/mol. The molecule has 0 radical (unpaired) electrons. The average molecular weight is 388 g/mol. The topological polar surface area (TPSA) is 29.3 Å². The van der Waals surface area contributed by atoms with Gasteiger partial charge in [0.2, 0.25) is 0 Å². The van der Waals surface area contributed by atoms with Crippen LogP contribution in [0, 0.1) is 5.82 Å². The zero-order chi connectivity index (χ0) is 14.0.